The summed E-state index contributed by atoms with van der Waals surface area (Å²) in [7, 11) is 0. The SMILES string of the molecule is Cc1ccc(NC(=S)NCCOc2ccccc2Cl)cc1C. The van der Waals surface area contributed by atoms with Gasteiger partial charge < -0.3 is 15.4 Å². The fourth-order valence-corrected chi connectivity index (χ4v) is 2.29. The number of nitrogens with one attached hydrogen (secondary N) is 2. The van der Waals surface area contributed by atoms with E-state index in [1.165, 1.54) is 11.1 Å². The van der Waals surface area contributed by atoms with Gasteiger partial charge in [-0.25, -0.2) is 0 Å². The molecule has 0 heterocycles. The van der Waals surface area contributed by atoms with Crippen molar-refractivity contribution in [3.05, 3.63) is 58.6 Å². The Morgan fingerprint density at radius 2 is 1.91 bits per heavy atom. The molecule has 2 aromatic rings. The van der Waals surface area contributed by atoms with Crippen LogP contribution in [0.4, 0.5) is 5.69 Å². The molecule has 2 aromatic carbocycles. The lowest BCUT2D eigenvalue weighted by molar-refractivity contribution is 0.323. The van der Waals surface area contributed by atoms with Crippen molar-refractivity contribution in [2.24, 2.45) is 0 Å². The number of para-hydroxylation sites is 1. The van der Waals surface area contributed by atoms with Crippen LogP contribution in [0.25, 0.3) is 0 Å². The summed E-state index contributed by atoms with van der Waals surface area (Å²) in [4.78, 5) is 0. The molecule has 0 saturated carbocycles. The normalized spacial score (nSPS) is 10.1. The van der Waals surface area contributed by atoms with Gasteiger partial charge >= 0.3 is 0 Å². The van der Waals surface area contributed by atoms with E-state index in [9.17, 15) is 0 Å². The Morgan fingerprint density at radius 3 is 2.64 bits per heavy atom. The van der Waals surface area contributed by atoms with E-state index in [1.807, 2.05) is 24.3 Å². The number of halogens is 1. The highest BCUT2D eigenvalue weighted by Crippen LogP contribution is 2.22. The molecule has 0 aromatic heterocycles. The lowest BCUT2D eigenvalue weighted by Crippen LogP contribution is -2.32. The van der Waals surface area contributed by atoms with Crippen LogP contribution in [0.15, 0.2) is 42.5 Å². The summed E-state index contributed by atoms with van der Waals surface area (Å²) in [6, 6.07) is 13.6. The van der Waals surface area contributed by atoms with E-state index < -0.39 is 0 Å². The molecule has 2 rings (SSSR count). The molecule has 2 N–H and O–H groups in total. The summed E-state index contributed by atoms with van der Waals surface area (Å²) >= 11 is 11.3. The van der Waals surface area contributed by atoms with Crippen molar-refractivity contribution in [2.45, 2.75) is 13.8 Å². The number of hydrogen-bond donors (Lipinski definition) is 2. The average molecular weight is 335 g/mol. The van der Waals surface area contributed by atoms with Crippen LogP contribution in [0.2, 0.25) is 5.02 Å². The van der Waals surface area contributed by atoms with E-state index in [2.05, 4.69) is 36.6 Å². The molecule has 0 atom stereocenters. The molecule has 116 valence electrons. The first kappa shape index (κ1) is 16.6. The second kappa shape index (κ2) is 8.01. The van der Waals surface area contributed by atoms with Gasteiger partial charge in [0.05, 0.1) is 11.6 Å². The van der Waals surface area contributed by atoms with Gasteiger partial charge in [0.2, 0.25) is 0 Å². The van der Waals surface area contributed by atoms with E-state index in [0.29, 0.717) is 29.0 Å². The first-order chi connectivity index (χ1) is 10.6. The molecule has 5 heteroatoms. The first-order valence-electron chi connectivity index (χ1n) is 7.05. The smallest absolute Gasteiger partial charge is 0.170 e. The fraction of sp³-hybridized carbons (Fsp3) is 0.235. The van der Waals surface area contributed by atoms with Gasteiger partial charge in [0, 0.05) is 5.69 Å². The van der Waals surface area contributed by atoms with Crippen LogP contribution in [0, 0.1) is 13.8 Å². The van der Waals surface area contributed by atoms with Crippen molar-refractivity contribution in [1.29, 1.82) is 0 Å². The third kappa shape index (κ3) is 4.90. The molecule has 0 aliphatic carbocycles. The number of aryl methyl sites for hydroxylation is 2. The summed E-state index contributed by atoms with van der Waals surface area (Å²) in [5.41, 5.74) is 3.47. The predicted octanol–water partition coefficient (Wildman–Crippen LogP) is 4.32. The summed E-state index contributed by atoms with van der Waals surface area (Å²) in [5.74, 6) is 0.680. The van der Waals surface area contributed by atoms with Crippen LogP contribution < -0.4 is 15.4 Å². The zero-order valence-electron chi connectivity index (χ0n) is 12.7. The van der Waals surface area contributed by atoms with Crippen LogP contribution in [0.1, 0.15) is 11.1 Å². The minimum absolute atomic E-state index is 0.485. The molecular weight excluding hydrogens is 316 g/mol. The predicted molar refractivity (Wildman–Crippen MR) is 97.1 cm³/mol. The Bertz CT molecular complexity index is 661. The van der Waals surface area contributed by atoms with E-state index in [-0.39, 0.29) is 0 Å². The van der Waals surface area contributed by atoms with Crippen molar-refractivity contribution in [2.75, 3.05) is 18.5 Å². The van der Waals surface area contributed by atoms with Gasteiger partial charge in [0.15, 0.2) is 5.11 Å². The van der Waals surface area contributed by atoms with Gasteiger partial charge in [-0.2, -0.15) is 0 Å². The Balaban J connectivity index is 1.74. The van der Waals surface area contributed by atoms with Crippen LogP contribution in [0.3, 0.4) is 0 Å². The van der Waals surface area contributed by atoms with Crippen LogP contribution in [-0.2, 0) is 0 Å². The van der Waals surface area contributed by atoms with Crippen LogP contribution in [-0.4, -0.2) is 18.3 Å². The summed E-state index contributed by atoms with van der Waals surface area (Å²) in [6.45, 7) is 5.25. The van der Waals surface area contributed by atoms with Crippen molar-refractivity contribution >= 4 is 34.6 Å². The Morgan fingerprint density at radius 1 is 1.14 bits per heavy atom. The number of thiocarbonyl (C=S) groups is 1. The molecule has 0 saturated heterocycles. The van der Waals surface area contributed by atoms with Gasteiger partial charge in [-0.05, 0) is 61.5 Å². The van der Waals surface area contributed by atoms with Crippen molar-refractivity contribution in [3.63, 3.8) is 0 Å². The molecule has 0 aliphatic rings. The number of hydrogen-bond acceptors (Lipinski definition) is 2. The Labute approximate surface area is 141 Å². The first-order valence-corrected chi connectivity index (χ1v) is 7.84. The zero-order chi connectivity index (χ0) is 15.9. The van der Waals surface area contributed by atoms with E-state index >= 15 is 0 Å². The topological polar surface area (TPSA) is 33.3 Å². The molecule has 0 unspecified atom stereocenters. The third-order valence-corrected chi connectivity index (χ3v) is 3.81. The number of anilines is 1. The minimum atomic E-state index is 0.485. The van der Waals surface area contributed by atoms with Crippen molar-refractivity contribution in [1.82, 2.24) is 5.32 Å². The van der Waals surface area contributed by atoms with Gasteiger partial charge in [0.25, 0.3) is 0 Å². The molecule has 0 amide bonds. The van der Waals surface area contributed by atoms with Gasteiger partial charge in [-0.15, -0.1) is 0 Å². The number of rotatable bonds is 5. The number of ether oxygens (including phenoxy) is 1. The highest BCUT2D eigenvalue weighted by Gasteiger charge is 2.01. The summed E-state index contributed by atoms with van der Waals surface area (Å²) in [5, 5.41) is 7.45. The van der Waals surface area contributed by atoms with E-state index in [4.69, 9.17) is 28.6 Å². The maximum absolute atomic E-state index is 6.02. The molecular formula is C17H19ClN2OS. The highest BCUT2D eigenvalue weighted by molar-refractivity contribution is 7.80. The molecule has 22 heavy (non-hydrogen) atoms. The minimum Gasteiger partial charge on any atom is -0.490 e. The Hall–Kier alpha value is -1.78. The summed E-state index contributed by atoms with van der Waals surface area (Å²) < 4.78 is 5.59. The molecule has 0 bridgehead atoms. The molecule has 0 spiro atoms. The largest absolute Gasteiger partial charge is 0.490 e. The monoisotopic (exact) mass is 334 g/mol. The second-order valence-electron chi connectivity index (χ2n) is 4.96. The second-order valence-corrected chi connectivity index (χ2v) is 5.77. The lowest BCUT2D eigenvalue weighted by Gasteiger charge is -2.12. The molecule has 3 nitrogen and oxygen atoms in total. The maximum Gasteiger partial charge on any atom is 0.170 e. The standard InChI is InChI=1S/C17H19ClN2OS/c1-12-7-8-14(11-13(12)2)20-17(22)19-9-10-21-16-6-4-3-5-15(16)18/h3-8,11H,9-10H2,1-2H3,(H2,19,20,22). The Kier molecular flexibility index (Phi) is 6.04. The fourth-order valence-electron chi connectivity index (χ4n) is 1.88. The molecule has 0 radical (unpaired) electrons. The third-order valence-electron chi connectivity index (χ3n) is 3.25. The van der Waals surface area contributed by atoms with Crippen LogP contribution >= 0.6 is 23.8 Å². The van der Waals surface area contributed by atoms with Crippen LogP contribution in [0.5, 0.6) is 5.75 Å². The molecule has 0 aliphatic heterocycles. The van der Waals surface area contributed by atoms with Crippen molar-refractivity contribution in [3.8, 4) is 5.75 Å². The van der Waals surface area contributed by atoms with Gasteiger partial charge in [-0.3, -0.25) is 0 Å². The van der Waals surface area contributed by atoms with E-state index in [0.717, 1.165) is 5.69 Å². The maximum atomic E-state index is 6.02. The lowest BCUT2D eigenvalue weighted by atomic mass is 10.1. The van der Waals surface area contributed by atoms with Gasteiger partial charge in [-0.1, -0.05) is 29.8 Å². The highest BCUT2D eigenvalue weighted by atomic mass is 35.5. The molecule has 0 fully saturated rings. The summed E-state index contributed by atoms with van der Waals surface area (Å²) in [6.07, 6.45) is 0. The van der Waals surface area contributed by atoms with Gasteiger partial charge in [0.1, 0.15) is 12.4 Å². The quantitative estimate of drug-likeness (QED) is 0.630. The number of benzene rings is 2. The zero-order valence-corrected chi connectivity index (χ0v) is 14.2. The van der Waals surface area contributed by atoms with E-state index in [1.54, 1.807) is 6.07 Å². The van der Waals surface area contributed by atoms with Crippen molar-refractivity contribution < 1.29 is 4.74 Å². The average Bonchev–Trinajstić information content (AvgIpc) is 2.49.